The van der Waals surface area contributed by atoms with Crippen LogP contribution in [-0.2, 0) is 11.3 Å². The van der Waals surface area contributed by atoms with Gasteiger partial charge in [0.1, 0.15) is 5.75 Å². The summed E-state index contributed by atoms with van der Waals surface area (Å²) < 4.78 is 7.80. The van der Waals surface area contributed by atoms with Crippen molar-refractivity contribution in [2.75, 3.05) is 18.0 Å². The Balaban J connectivity index is 1.34. The number of hydrogen-bond donors (Lipinski definition) is 1. The molecule has 0 radical (unpaired) electrons. The normalized spacial score (nSPS) is 16.4. The Bertz CT molecular complexity index is 1040. The average Bonchev–Trinajstić information content (AvgIpc) is 3.39. The Morgan fingerprint density at radius 2 is 1.81 bits per heavy atom. The van der Waals surface area contributed by atoms with E-state index in [1.165, 1.54) is 0 Å². The molecule has 1 aliphatic heterocycles. The maximum atomic E-state index is 12.8. The summed E-state index contributed by atoms with van der Waals surface area (Å²) >= 11 is 1.58. The molecule has 3 heterocycles. The van der Waals surface area contributed by atoms with Crippen molar-refractivity contribution < 1.29 is 9.53 Å². The standard InChI is InChI=1S/C24H31N5O2S/c1-16(2)31-21-11-9-19(10-12-21)14-25-22(30)20-6-5-13-28(15-20)23-26-27-24(32-23)29-17(3)7-8-18(29)4/h7-12,16,20H,5-6,13-15H2,1-4H3,(H,25,30). The third-order valence-corrected chi connectivity index (χ3v) is 6.66. The van der Waals surface area contributed by atoms with Crippen LogP contribution in [-0.4, -0.2) is 39.9 Å². The lowest BCUT2D eigenvalue weighted by atomic mass is 9.97. The summed E-state index contributed by atoms with van der Waals surface area (Å²) in [6.07, 6.45) is 2.01. The van der Waals surface area contributed by atoms with Crippen LogP contribution in [0.5, 0.6) is 5.75 Å². The Hall–Kier alpha value is -2.87. The molecule has 8 heteroatoms. The van der Waals surface area contributed by atoms with E-state index < -0.39 is 0 Å². The third kappa shape index (κ3) is 5.12. The quantitative estimate of drug-likeness (QED) is 0.579. The van der Waals surface area contributed by atoms with Gasteiger partial charge in [0.15, 0.2) is 0 Å². The monoisotopic (exact) mass is 453 g/mol. The van der Waals surface area contributed by atoms with Crippen molar-refractivity contribution in [3.8, 4) is 10.9 Å². The zero-order valence-corrected chi connectivity index (χ0v) is 20.0. The lowest BCUT2D eigenvalue weighted by molar-refractivity contribution is -0.125. The number of anilines is 1. The van der Waals surface area contributed by atoms with Crippen molar-refractivity contribution in [3.63, 3.8) is 0 Å². The molecule has 1 fully saturated rings. The Kier molecular flexibility index (Phi) is 6.79. The van der Waals surface area contributed by atoms with E-state index in [-0.39, 0.29) is 17.9 Å². The van der Waals surface area contributed by atoms with E-state index in [0.717, 1.165) is 52.4 Å². The van der Waals surface area contributed by atoms with Crippen LogP contribution in [0.25, 0.3) is 5.13 Å². The zero-order chi connectivity index (χ0) is 22.7. The molecule has 4 rings (SSSR count). The molecule has 1 amide bonds. The lowest BCUT2D eigenvalue weighted by Gasteiger charge is -2.31. The van der Waals surface area contributed by atoms with Crippen molar-refractivity contribution in [1.29, 1.82) is 0 Å². The van der Waals surface area contributed by atoms with E-state index in [1.807, 2.05) is 38.1 Å². The van der Waals surface area contributed by atoms with E-state index in [9.17, 15) is 4.79 Å². The first-order valence-electron chi connectivity index (χ1n) is 11.2. The first kappa shape index (κ1) is 22.3. The van der Waals surface area contributed by atoms with Gasteiger partial charge in [-0.15, -0.1) is 10.2 Å². The zero-order valence-electron chi connectivity index (χ0n) is 19.2. The predicted octanol–water partition coefficient (Wildman–Crippen LogP) is 4.27. The molecular formula is C24H31N5O2S. The van der Waals surface area contributed by atoms with Crippen molar-refractivity contribution >= 4 is 22.4 Å². The Labute approximate surface area is 193 Å². The first-order chi connectivity index (χ1) is 15.4. The largest absolute Gasteiger partial charge is 0.491 e. The van der Waals surface area contributed by atoms with Gasteiger partial charge in [0, 0.05) is 31.0 Å². The number of aryl methyl sites for hydroxylation is 2. The number of carbonyl (C=O) groups is 1. The van der Waals surface area contributed by atoms with Crippen molar-refractivity contribution in [2.24, 2.45) is 5.92 Å². The first-order valence-corrected chi connectivity index (χ1v) is 12.0. The van der Waals surface area contributed by atoms with Crippen LogP contribution in [0.15, 0.2) is 36.4 Å². The molecule has 2 aromatic heterocycles. The van der Waals surface area contributed by atoms with Crippen LogP contribution in [0, 0.1) is 19.8 Å². The van der Waals surface area contributed by atoms with E-state index in [2.05, 4.69) is 51.0 Å². The maximum absolute atomic E-state index is 12.8. The van der Waals surface area contributed by atoms with Gasteiger partial charge in [-0.2, -0.15) is 0 Å². The van der Waals surface area contributed by atoms with Crippen molar-refractivity contribution in [2.45, 2.75) is 53.2 Å². The highest BCUT2D eigenvalue weighted by atomic mass is 32.1. The molecule has 1 N–H and O–H groups in total. The summed E-state index contributed by atoms with van der Waals surface area (Å²) in [5.74, 6) is 0.897. The molecule has 3 aromatic rings. The highest BCUT2D eigenvalue weighted by molar-refractivity contribution is 7.17. The van der Waals surface area contributed by atoms with Crippen molar-refractivity contribution in [1.82, 2.24) is 20.1 Å². The van der Waals surface area contributed by atoms with Gasteiger partial charge in [-0.25, -0.2) is 0 Å². The number of benzene rings is 1. The predicted molar refractivity (Wildman–Crippen MR) is 128 cm³/mol. The van der Waals surface area contributed by atoms with Crippen LogP contribution in [0.2, 0.25) is 0 Å². The van der Waals surface area contributed by atoms with Gasteiger partial charge in [0.05, 0.1) is 12.0 Å². The van der Waals surface area contributed by atoms with E-state index in [0.29, 0.717) is 13.1 Å². The lowest BCUT2D eigenvalue weighted by Crippen LogP contribution is -2.43. The second-order valence-electron chi connectivity index (χ2n) is 8.63. The average molecular weight is 454 g/mol. The molecule has 0 bridgehead atoms. The summed E-state index contributed by atoms with van der Waals surface area (Å²) in [6.45, 7) is 10.2. The van der Waals surface area contributed by atoms with Gasteiger partial charge < -0.3 is 15.0 Å². The van der Waals surface area contributed by atoms with E-state index in [4.69, 9.17) is 4.74 Å². The second-order valence-corrected chi connectivity index (χ2v) is 9.57. The van der Waals surface area contributed by atoms with E-state index >= 15 is 0 Å². The van der Waals surface area contributed by atoms with Gasteiger partial charge >= 0.3 is 0 Å². The number of carbonyl (C=O) groups excluding carboxylic acids is 1. The molecule has 0 aliphatic carbocycles. The van der Waals surface area contributed by atoms with Gasteiger partial charge in [-0.3, -0.25) is 9.36 Å². The molecule has 1 aliphatic rings. The molecule has 170 valence electrons. The van der Waals surface area contributed by atoms with Gasteiger partial charge in [-0.1, -0.05) is 23.5 Å². The Morgan fingerprint density at radius 3 is 2.50 bits per heavy atom. The molecule has 0 spiro atoms. The Morgan fingerprint density at radius 1 is 1.12 bits per heavy atom. The summed E-state index contributed by atoms with van der Waals surface area (Å²) in [5, 5.41) is 13.7. The fourth-order valence-electron chi connectivity index (χ4n) is 4.05. The summed E-state index contributed by atoms with van der Waals surface area (Å²) in [6, 6.07) is 12.1. The highest BCUT2D eigenvalue weighted by Gasteiger charge is 2.28. The van der Waals surface area contributed by atoms with Crippen LogP contribution in [0.4, 0.5) is 5.13 Å². The number of piperidine rings is 1. The number of hydrogen-bond acceptors (Lipinski definition) is 6. The van der Waals surface area contributed by atoms with Crippen LogP contribution < -0.4 is 15.0 Å². The molecule has 32 heavy (non-hydrogen) atoms. The molecule has 7 nitrogen and oxygen atoms in total. The third-order valence-electron chi connectivity index (χ3n) is 5.69. The number of amides is 1. The molecule has 1 aromatic carbocycles. The smallest absolute Gasteiger partial charge is 0.225 e. The topological polar surface area (TPSA) is 72.3 Å². The summed E-state index contributed by atoms with van der Waals surface area (Å²) in [4.78, 5) is 15.0. The number of aromatic nitrogens is 3. The molecule has 1 unspecified atom stereocenters. The molecular weight excluding hydrogens is 422 g/mol. The van der Waals surface area contributed by atoms with E-state index in [1.54, 1.807) is 11.3 Å². The fourth-order valence-corrected chi connectivity index (χ4v) is 5.05. The van der Waals surface area contributed by atoms with Gasteiger partial charge in [0.25, 0.3) is 0 Å². The molecule has 1 saturated heterocycles. The number of nitrogens with zero attached hydrogens (tertiary/aromatic N) is 4. The number of ether oxygens (including phenoxy) is 1. The van der Waals surface area contributed by atoms with Crippen LogP contribution in [0.3, 0.4) is 0 Å². The fraction of sp³-hybridized carbons (Fsp3) is 0.458. The minimum atomic E-state index is -0.0466. The maximum Gasteiger partial charge on any atom is 0.225 e. The molecule has 1 atom stereocenters. The van der Waals surface area contributed by atoms with Gasteiger partial charge in [-0.05, 0) is 70.4 Å². The highest BCUT2D eigenvalue weighted by Crippen LogP contribution is 2.29. The minimum Gasteiger partial charge on any atom is -0.491 e. The van der Waals surface area contributed by atoms with Gasteiger partial charge in [0.2, 0.25) is 16.2 Å². The van der Waals surface area contributed by atoms with Crippen LogP contribution in [0.1, 0.15) is 43.6 Å². The molecule has 0 saturated carbocycles. The van der Waals surface area contributed by atoms with Crippen LogP contribution >= 0.6 is 11.3 Å². The second kappa shape index (κ2) is 9.73. The number of rotatable bonds is 7. The minimum absolute atomic E-state index is 0.0466. The summed E-state index contributed by atoms with van der Waals surface area (Å²) in [7, 11) is 0. The van der Waals surface area contributed by atoms with Crippen molar-refractivity contribution in [3.05, 3.63) is 53.3 Å². The summed E-state index contributed by atoms with van der Waals surface area (Å²) in [5.41, 5.74) is 3.35. The number of nitrogens with one attached hydrogen (secondary N) is 1. The SMILES string of the molecule is Cc1ccc(C)n1-c1nnc(N2CCCC(C(=O)NCc3ccc(OC(C)C)cc3)C2)s1.